The van der Waals surface area contributed by atoms with Gasteiger partial charge < -0.3 is 5.32 Å². The van der Waals surface area contributed by atoms with Gasteiger partial charge in [0.1, 0.15) is 5.69 Å². The quantitative estimate of drug-likeness (QED) is 0.661. The first kappa shape index (κ1) is 17.1. The molecule has 0 amide bonds. The first-order valence-electron chi connectivity index (χ1n) is 8.94. The van der Waals surface area contributed by atoms with Gasteiger partial charge in [-0.2, -0.15) is 0 Å². The third-order valence-corrected chi connectivity index (χ3v) is 4.95. The monoisotopic (exact) mass is 302 g/mol. The smallest absolute Gasteiger partial charge is 0.108 e. The normalized spacial score (nSPS) is 24.0. The average molecular weight is 302 g/mol. The summed E-state index contributed by atoms with van der Waals surface area (Å²) in [4.78, 5) is 10.9. The van der Waals surface area contributed by atoms with Gasteiger partial charge in [-0.05, 0) is 72.5 Å². The first-order valence-corrected chi connectivity index (χ1v) is 8.94. The van der Waals surface area contributed by atoms with E-state index in [-0.39, 0.29) is 0 Å². The van der Waals surface area contributed by atoms with Gasteiger partial charge in [0.2, 0.25) is 0 Å². The van der Waals surface area contributed by atoms with Crippen molar-refractivity contribution in [2.24, 2.45) is 11.1 Å². The molecular weight excluding hydrogens is 272 g/mol. The fraction of sp³-hybridized carbons (Fsp3) is 0.684. The summed E-state index contributed by atoms with van der Waals surface area (Å²) in [6.45, 7) is 7.83. The average Bonchev–Trinajstić information content (AvgIpc) is 2.54. The summed E-state index contributed by atoms with van der Waals surface area (Å²) in [6, 6.07) is 6.57. The van der Waals surface area contributed by atoms with Gasteiger partial charge in [0.05, 0.1) is 0 Å². The minimum Gasteiger partial charge on any atom is -0.313 e. The molecule has 122 valence electrons. The first-order chi connectivity index (χ1) is 10.7. The molecule has 0 radical (unpaired) electrons. The van der Waals surface area contributed by atoms with Gasteiger partial charge in [-0.3, -0.25) is 0 Å². The maximum atomic E-state index is 10.9. The fourth-order valence-electron chi connectivity index (χ4n) is 4.02. The standard InChI is InChI=1S/C19H30N2O/c1-4-7-15-12-14-9-10-16(21-22)13-18(14)17(8-5-2)19(15)20-11-6-3/h9-10,13,15,17,19-20H,4-8,11-12H2,1-3H3/t15?,17-,19+/m1/s1. The summed E-state index contributed by atoms with van der Waals surface area (Å²) in [5.74, 6) is 1.22. The zero-order chi connectivity index (χ0) is 15.9. The third kappa shape index (κ3) is 3.75. The van der Waals surface area contributed by atoms with Gasteiger partial charge >= 0.3 is 0 Å². The Hall–Kier alpha value is -1.22. The molecule has 0 heterocycles. The lowest BCUT2D eigenvalue weighted by molar-refractivity contribution is 0.259. The molecule has 3 heteroatoms. The molecule has 22 heavy (non-hydrogen) atoms. The zero-order valence-corrected chi connectivity index (χ0v) is 14.3. The molecule has 3 atom stereocenters. The Kier molecular flexibility index (Phi) is 6.56. The molecule has 1 N–H and O–H groups in total. The highest BCUT2D eigenvalue weighted by Crippen LogP contribution is 2.41. The third-order valence-electron chi connectivity index (χ3n) is 4.95. The molecule has 0 aromatic heterocycles. The van der Waals surface area contributed by atoms with E-state index in [0.717, 1.165) is 19.4 Å². The van der Waals surface area contributed by atoms with E-state index in [4.69, 9.17) is 0 Å². The molecular formula is C19H30N2O. The van der Waals surface area contributed by atoms with E-state index in [9.17, 15) is 4.91 Å². The van der Waals surface area contributed by atoms with Crippen LogP contribution in [0.4, 0.5) is 5.69 Å². The molecule has 0 aliphatic heterocycles. The van der Waals surface area contributed by atoms with Gasteiger partial charge in [0.25, 0.3) is 0 Å². The van der Waals surface area contributed by atoms with Crippen molar-refractivity contribution >= 4 is 5.69 Å². The number of hydrogen-bond donors (Lipinski definition) is 1. The van der Waals surface area contributed by atoms with Gasteiger partial charge in [0, 0.05) is 6.04 Å². The van der Waals surface area contributed by atoms with Crippen LogP contribution in [0.1, 0.15) is 69.9 Å². The molecule has 0 bridgehead atoms. The van der Waals surface area contributed by atoms with Crippen molar-refractivity contribution in [2.45, 2.75) is 71.3 Å². The predicted octanol–water partition coefficient (Wildman–Crippen LogP) is 5.31. The zero-order valence-electron chi connectivity index (χ0n) is 14.3. The van der Waals surface area contributed by atoms with Crippen LogP contribution in [0.15, 0.2) is 23.4 Å². The van der Waals surface area contributed by atoms with Crippen molar-refractivity contribution in [2.75, 3.05) is 6.54 Å². The topological polar surface area (TPSA) is 41.5 Å². The van der Waals surface area contributed by atoms with E-state index in [1.54, 1.807) is 0 Å². The van der Waals surface area contributed by atoms with E-state index in [1.807, 2.05) is 12.1 Å². The van der Waals surface area contributed by atoms with Crippen LogP contribution < -0.4 is 5.32 Å². The molecule has 0 saturated heterocycles. The second-order valence-corrected chi connectivity index (χ2v) is 6.60. The van der Waals surface area contributed by atoms with E-state index in [2.05, 4.69) is 37.3 Å². The Morgan fingerprint density at radius 3 is 2.55 bits per heavy atom. The molecule has 2 rings (SSSR count). The van der Waals surface area contributed by atoms with E-state index in [0.29, 0.717) is 23.6 Å². The maximum Gasteiger partial charge on any atom is 0.108 e. The van der Waals surface area contributed by atoms with Crippen molar-refractivity contribution in [1.82, 2.24) is 5.32 Å². The van der Waals surface area contributed by atoms with Crippen molar-refractivity contribution in [3.05, 3.63) is 34.2 Å². The SMILES string of the molecule is CCCN[C@H]1C(CCC)Cc2ccc(N=O)cc2[C@H]1CCC. The van der Waals surface area contributed by atoms with Gasteiger partial charge in [-0.15, -0.1) is 4.91 Å². The van der Waals surface area contributed by atoms with Crippen molar-refractivity contribution in [3.8, 4) is 0 Å². The Morgan fingerprint density at radius 2 is 1.91 bits per heavy atom. The number of fused-ring (bicyclic) bond motifs is 1. The van der Waals surface area contributed by atoms with Crippen molar-refractivity contribution in [1.29, 1.82) is 0 Å². The second kappa shape index (κ2) is 8.42. The lowest BCUT2D eigenvalue weighted by Gasteiger charge is -2.40. The minimum absolute atomic E-state index is 0.513. The number of hydrogen-bond acceptors (Lipinski definition) is 3. The fourth-order valence-corrected chi connectivity index (χ4v) is 4.02. The Morgan fingerprint density at radius 1 is 1.14 bits per heavy atom. The maximum absolute atomic E-state index is 10.9. The molecule has 0 saturated carbocycles. The van der Waals surface area contributed by atoms with Gasteiger partial charge in [-0.25, -0.2) is 0 Å². The summed E-state index contributed by atoms with van der Waals surface area (Å²) >= 11 is 0. The minimum atomic E-state index is 0.513. The van der Waals surface area contributed by atoms with Crippen LogP contribution in [0, 0.1) is 10.8 Å². The highest BCUT2D eigenvalue weighted by atomic mass is 16.3. The summed E-state index contributed by atoms with van der Waals surface area (Å²) in [7, 11) is 0. The van der Waals surface area contributed by atoms with Gasteiger partial charge in [0.15, 0.2) is 0 Å². The second-order valence-electron chi connectivity index (χ2n) is 6.60. The van der Waals surface area contributed by atoms with Crippen LogP contribution in [-0.4, -0.2) is 12.6 Å². The van der Waals surface area contributed by atoms with Crippen LogP contribution >= 0.6 is 0 Å². The Bertz CT molecular complexity index is 486. The van der Waals surface area contributed by atoms with Crippen molar-refractivity contribution in [3.63, 3.8) is 0 Å². The van der Waals surface area contributed by atoms with Crippen LogP contribution in [0.25, 0.3) is 0 Å². The summed E-state index contributed by atoms with van der Waals surface area (Å²) in [5.41, 5.74) is 3.36. The Balaban J connectivity index is 2.37. The molecule has 1 unspecified atom stereocenters. The molecule has 1 aliphatic rings. The number of nitrogens with one attached hydrogen (secondary N) is 1. The summed E-state index contributed by atoms with van der Waals surface area (Å²) < 4.78 is 0. The Labute approximate surface area is 134 Å². The van der Waals surface area contributed by atoms with Crippen LogP contribution in [0.2, 0.25) is 0 Å². The van der Waals surface area contributed by atoms with Crippen LogP contribution in [-0.2, 0) is 6.42 Å². The molecule has 1 aromatic rings. The van der Waals surface area contributed by atoms with E-state index < -0.39 is 0 Å². The van der Waals surface area contributed by atoms with Crippen molar-refractivity contribution < 1.29 is 0 Å². The molecule has 1 aromatic carbocycles. The van der Waals surface area contributed by atoms with E-state index >= 15 is 0 Å². The molecule has 0 fully saturated rings. The molecule has 1 aliphatic carbocycles. The number of rotatable bonds is 8. The predicted molar refractivity (Wildman–Crippen MR) is 93.7 cm³/mol. The van der Waals surface area contributed by atoms with Crippen LogP contribution in [0.3, 0.4) is 0 Å². The number of benzene rings is 1. The van der Waals surface area contributed by atoms with Gasteiger partial charge in [-0.1, -0.05) is 39.7 Å². The largest absolute Gasteiger partial charge is 0.313 e. The highest BCUT2D eigenvalue weighted by molar-refractivity contribution is 5.47. The van der Waals surface area contributed by atoms with E-state index in [1.165, 1.54) is 36.8 Å². The highest BCUT2D eigenvalue weighted by Gasteiger charge is 2.35. The number of nitrogens with zero attached hydrogens (tertiary/aromatic N) is 1. The summed E-state index contributed by atoms with van der Waals surface area (Å²) in [5, 5.41) is 6.96. The lowest BCUT2D eigenvalue weighted by Crippen LogP contribution is -2.45. The molecule has 3 nitrogen and oxygen atoms in total. The molecule has 0 spiro atoms. The summed E-state index contributed by atoms with van der Waals surface area (Å²) in [6.07, 6.45) is 7.15. The van der Waals surface area contributed by atoms with Crippen LogP contribution in [0.5, 0.6) is 0 Å². The number of nitroso groups, excluding NO2 is 1. The lowest BCUT2D eigenvalue weighted by atomic mass is 9.70.